The summed E-state index contributed by atoms with van der Waals surface area (Å²) in [5, 5.41) is 1.16. The van der Waals surface area contributed by atoms with E-state index in [1.165, 1.54) is 17.0 Å². The second-order valence-electron chi connectivity index (χ2n) is 7.98. The number of halogens is 2. The number of carbonyl (C=O) groups excluding carboxylic acids is 1. The fourth-order valence-electron chi connectivity index (χ4n) is 3.54. The van der Waals surface area contributed by atoms with Gasteiger partial charge in [0.1, 0.15) is 11.6 Å². The monoisotopic (exact) mass is 448 g/mol. The van der Waals surface area contributed by atoms with E-state index in [4.69, 9.17) is 0 Å². The highest BCUT2D eigenvalue weighted by molar-refractivity contribution is 7.94. The molecular weight excluding hydrogens is 422 g/mol. The van der Waals surface area contributed by atoms with Gasteiger partial charge in [-0.1, -0.05) is 12.1 Å². The van der Waals surface area contributed by atoms with Crippen molar-refractivity contribution in [3.63, 3.8) is 0 Å². The SMILES string of the molecule is Cc1ccc(N(C(=O)CCN(C)Cc2ccc(F)cc2F)[C@H]2C=CS(=O)(=O)C2)cc1C. The fraction of sp³-hybridized carbons (Fsp3) is 0.348. The molecule has 0 fully saturated rings. The molecule has 0 radical (unpaired) electrons. The molecule has 0 saturated carbocycles. The van der Waals surface area contributed by atoms with Crippen LogP contribution in [-0.2, 0) is 21.2 Å². The lowest BCUT2D eigenvalue weighted by Crippen LogP contribution is -2.42. The van der Waals surface area contributed by atoms with Gasteiger partial charge in [-0.05, 0) is 56.3 Å². The van der Waals surface area contributed by atoms with E-state index in [0.717, 1.165) is 22.6 Å². The third-order valence-corrected chi connectivity index (χ3v) is 6.82. The normalized spacial score (nSPS) is 17.3. The van der Waals surface area contributed by atoms with Crippen molar-refractivity contribution in [3.05, 3.63) is 76.2 Å². The van der Waals surface area contributed by atoms with Crippen LogP contribution in [0.1, 0.15) is 23.1 Å². The Hall–Kier alpha value is -2.58. The quantitative estimate of drug-likeness (QED) is 0.648. The molecule has 1 aliphatic rings. The summed E-state index contributed by atoms with van der Waals surface area (Å²) in [6.07, 6.45) is 1.66. The van der Waals surface area contributed by atoms with Gasteiger partial charge >= 0.3 is 0 Å². The van der Waals surface area contributed by atoms with Gasteiger partial charge in [-0.15, -0.1) is 0 Å². The van der Waals surface area contributed by atoms with Crippen molar-refractivity contribution >= 4 is 21.4 Å². The molecule has 1 atom stereocenters. The van der Waals surface area contributed by atoms with Crippen molar-refractivity contribution in [1.29, 1.82) is 0 Å². The summed E-state index contributed by atoms with van der Waals surface area (Å²) < 4.78 is 50.9. The minimum absolute atomic E-state index is 0.122. The largest absolute Gasteiger partial charge is 0.304 e. The molecule has 0 aromatic heterocycles. The molecule has 0 aliphatic carbocycles. The van der Waals surface area contributed by atoms with Crippen LogP contribution in [0.3, 0.4) is 0 Å². The summed E-state index contributed by atoms with van der Waals surface area (Å²) in [6.45, 7) is 4.46. The number of sulfone groups is 1. The molecule has 31 heavy (non-hydrogen) atoms. The van der Waals surface area contributed by atoms with Crippen molar-refractivity contribution in [3.8, 4) is 0 Å². The Labute approximate surface area is 181 Å². The van der Waals surface area contributed by atoms with E-state index in [-0.39, 0.29) is 24.6 Å². The number of amides is 1. The topological polar surface area (TPSA) is 57.7 Å². The molecule has 166 valence electrons. The Morgan fingerprint density at radius 1 is 1.10 bits per heavy atom. The van der Waals surface area contributed by atoms with Crippen LogP contribution in [0.2, 0.25) is 0 Å². The summed E-state index contributed by atoms with van der Waals surface area (Å²) in [7, 11) is -1.59. The summed E-state index contributed by atoms with van der Waals surface area (Å²) in [5.41, 5.74) is 3.06. The van der Waals surface area contributed by atoms with Crippen molar-refractivity contribution in [1.82, 2.24) is 4.90 Å². The Morgan fingerprint density at radius 3 is 2.45 bits per heavy atom. The Morgan fingerprint density at radius 2 is 1.84 bits per heavy atom. The van der Waals surface area contributed by atoms with Gasteiger partial charge in [0.25, 0.3) is 0 Å². The van der Waals surface area contributed by atoms with Crippen LogP contribution in [0.5, 0.6) is 0 Å². The fourth-order valence-corrected chi connectivity index (χ4v) is 4.81. The van der Waals surface area contributed by atoms with E-state index in [9.17, 15) is 22.0 Å². The number of carbonyl (C=O) groups is 1. The van der Waals surface area contributed by atoms with E-state index in [1.807, 2.05) is 32.0 Å². The number of benzene rings is 2. The van der Waals surface area contributed by atoms with Crippen LogP contribution < -0.4 is 4.90 Å². The third-order valence-electron chi connectivity index (χ3n) is 5.44. The molecule has 3 rings (SSSR count). The lowest BCUT2D eigenvalue weighted by Gasteiger charge is -2.29. The van der Waals surface area contributed by atoms with Crippen LogP contribution in [-0.4, -0.2) is 44.6 Å². The third kappa shape index (κ3) is 5.77. The molecule has 2 aromatic carbocycles. The summed E-state index contributed by atoms with van der Waals surface area (Å²) in [4.78, 5) is 16.5. The van der Waals surface area contributed by atoms with Gasteiger partial charge in [0.2, 0.25) is 5.91 Å². The van der Waals surface area contributed by atoms with Crippen molar-refractivity contribution in [2.45, 2.75) is 32.9 Å². The molecule has 0 spiro atoms. The molecular formula is C23H26F2N2O3S. The zero-order valence-corrected chi connectivity index (χ0v) is 18.6. The summed E-state index contributed by atoms with van der Waals surface area (Å²) in [6, 6.07) is 8.45. The van der Waals surface area contributed by atoms with Crippen molar-refractivity contribution < 1.29 is 22.0 Å². The molecule has 8 heteroatoms. The van der Waals surface area contributed by atoms with Gasteiger partial charge < -0.3 is 9.80 Å². The average Bonchev–Trinajstić information content (AvgIpc) is 3.04. The lowest BCUT2D eigenvalue weighted by atomic mass is 10.1. The van der Waals surface area contributed by atoms with Gasteiger partial charge in [-0.3, -0.25) is 4.79 Å². The molecule has 1 aliphatic heterocycles. The maximum Gasteiger partial charge on any atom is 0.228 e. The molecule has 2 aromatic rings. The Kier molecular flexibility index (Phi) is 6.91. The predicted octanol–water partition coefficient (Wildman–Crippen LogP) is 3.75. The van der Waals surface area contributed by atoms with Crippen LogP contribution in [0, 0.1) is 25.5 Å². The number of rotatable bonds is 7. The smallest absolute Gasteiger partial charge is 0.228 e. The van der Waals surface area contributed by atoms with Gasteiger partial charge in [-0.25, -0.2) is 17.2 Å². The first-order chi connectivity index (χ1) is 14.6. The Bertz CT molecular complexity index is 1120. The van der Waals surface area contributed by atoms with Crippen molar-refractivity contribution in [2.24, 2.45) is 0 Å². The number of hydrogen-bond acceptors (Lipinski definition) is 4. The van der Waals surface area contributed by atoms with E-state index >= 15 is 0 Å². The van der Waals surface area contributed by atoms with Crippen LogP contribution in [0.4, 0.5) is 14.5 Å². The first-order valence-corrected chi connectivity index (χ1v) is 11.7. The maximum absolute atomic E-state index is 13.9. The second kappa shape index (κ2) is 9.28. The lowest BCUT2D eigenvalue weighted by molar-refractivity contribution is -0.119. The average molecular weight is 449 g/mol. The maximum atomic E-state index is 13.9. The predicted molar refractivity (Wildman–Crippen MR) is 117 cm³/mol. The molecule has 0 saturated heterocycles. The number of nitrogens with zero attached hydrogens (tertiary/aromatic N) is 2. The summed E-state index contributed by atoms with van der Waals surface area (Å²) >= 11 is 0. The van der Waals surface area contributed by atoms with E-state index < -0.39 is 27.5 Å². The first-order valence-electron chi connectivity index (χ1n) is 9.98. The van der Waals surface area contributed by atoms with Crippen LogP contribution in [0.15, 0.2) is 47.9 Å². The minimum Gasteiger partial charge on any atom is -0.304 e. The molecule has 0 unspecified atom stereocenters. The second-order valence-corrected chi connectivity index (χ2v) is 9.91. The number of hydrogen-bond donors (Lipinski definition) is 0. The highest BCUT2D eigenvalue weighted by atomic mass is 32.2. The van der Waals surface area contributed by atoms with Crippen LogP contribution >= 0.6 is 0 Å². The molecule has 5 nitrogen and oxygen atoms in total. The number of aryl methyl sites for hydroxylation is 2. The van der Waals surface area contributed by atoms with E-state index in [1.54, 1.807) is 18.0 Å². The molecule has 1 amide bonds. The Balaban J connectivity index is 1.73. The zero-order chi connectivity index (χ0) is 22.8. The summed E-state index contributed by atoms with van der Waals surface area (Å²) in [5.74, 6) is -1.64. The standard InChI is InChI=1S/C23H26F2N2O3S/c1-16-4-7-20(12-17(16)2)27(21-9-11-31(29,30)15-21)23(28)8-10-26(3)14-18-5-6-19(24)13-22(18)25/h4-7,9,11-13,21H,8,10,14-15H2,1-3H3/t21-/m0/s1. The first kappa shape index (κ1) is 23.1. The van der Waals surface area contributed by atoms with E-state index in [2.05, 4.69) is 0 Å². The molecule has 1 heterocycles. The van der Waals surface area contributed by atoms with Gasteiger partial charge in [-0.2, -0.15) is 0 Å². The minimum atomic E-state index is -3.34. The highest BCUT2D eigenvalue weighted by Gasteiger charge is 2.31. The van der Waals surface area contributed by atoms with Gasteiger partial charge in [0.05, 0.1) is 11.8 Å². The zero-order valence-electron chi connectivity index (χ0n) is 17.8. The number of anilines is 1. The molecule has 0 N–H and O–H groups in total. The van der Waals surface area contributed by atoms with Crippen molar-refractivity contribution in [2.75, 3.05) is 24.2 Å². The van der Waals surface area contributed by atoms with Gasteiger partial charge in [0, 0.05) is 42.2 Å². The highest BCUT2D eigenvalue weighted by Crippen LogP contribution is 2.26. The van der Waals surface area contributed by atoms with Gasteiger partial charge in [0.15, 0.2) is 9.84 Å². The van der Waals surface area contributed by atoms with E-state index in [0.29, 0.717) is 17.8 Å². The van der Waals surface area contributed by atoms with Crippen LogP contribution in [0.25, 0.3) is 0 Å². The molecule has 0 bridgehead atoms.